The van der Waals surface area contributed by atoms with Crippen molar-refractivity contribution in [3.63, 3.8) is 0 Å². The van der Waals surface area contributed by atoms with E-state index < -0.39 is 16.0 Å². The number of carbonyl (C=O) groups excluding carboxylic acids is 1. The number of aryl methyl sites for hydroxylation is 1. The van der Waals surface area contributed by atoms with Gasteiger partial charge in [0.15, 0.2) is 0 Å². The third kappa shape index (κ3) is 3.65. The van der Waals surface area contributed by atoms with Gasteiger partial charge < -0.3 is 4.74 Å². The minimum absolute atomic E-state index is 0.294. The normalized spacial score (nSPS) is 13.8. The largest absolute Gasteiger partial charge is 0.463 e. The van der Waals surface area contributed by atoms with Crippen LogP contribution in [0.3, 0.4) is 0 Å². The molecule has 1 aliphatic heterocycles. The molecule has 0 N–H and O–H groups in total. The van der Waals surface area contributed by atoms with E-state index in [1.807, 2.05) is 13.0 Å². The Bertz CT molecular complexity index is 946. The van der Waals surface area contributed by atoms with Gasteiger partial charge in [-0.05, 0) is 61.7 Å². The van der Waals surface area contributed by atoms with Crippen LogP contribution in [0.25, 0.3) is 6.08 Å². The zero-order chi connectivity index (χ0) is 18.7. The number of anilines is 1. The summed E-state index contributed by atoms with van der Waals surface area (Å²) < 4.78 is 32.2. The van der Waals surface area contributed by atoms with Gasteiger partial charge in [-0.2, -0.15) is 0 Å². The number of ether oxygens (including phenoxy) is 1. The van der Waals surface area contributed by atoms with Crippen LogP contribution < -0.4 is 4.31 Å². The van der Waals surface area contributed by atoms with Gasteiger partial charge >= 0.3 is 5.97 Å². The molecule has 0 fully saturated rings. The van der Waals surface area contributed by atoms with Gasteiger partial charge in [-0.25, -0.2) is 13.2 Å². The number of carbonyl (C=O) groups is 1. The molecule has 1 heterocycles. The van der Waals surface area contributed by atoms with E-state index in [1.165, 1.54) is 10.4 Å². The molecule has 1 aliphatic rings. The Labute approximate surface area is 154 Å². The van der Waals surface area contributed by atoms with Crippen LogP contribution in [0.5, 0.6) is 0 Å². The van der Waals surface area contributed by atoms with Crippen molar-refractivity contribution in [2.75, 3.05) is 17.5 Å². The van der Waals surface area contributed by atoms with E-state index >= 15 is 0 Å². The highest BCUT2D eigenvalue weighted by molar-refractivity contribution is 7.92. The highest BCUT2D eigenvalue weighted by Crippen LogP contribution is 2.33. The standard InChI is InChI=1S/C20H21NO4S/c1-3-25-20(22)11-7-16-6-10-19-17(14-16)12-13-21(19)26(23,24)18-8-4-15(2)5-9-18/h4-11,14H,3,12-13H2,1-2H3/b11-7+. The van der Waals surface area contributed by atoms with Gasteiger partial charge in [-0.15, -0.1) is 0 Å². The van der Waals surface area contributed by atoms with Crippen LogP contribution in [-0.4, -0.2) is 27.5 Å². The summed E-state index contributed by atoms with van der Waals surface area (Å²) in [6, 6.07) is 12.4. The van der Waals surface area contributed by atoms with Gasteiger partial charge in [0.05, 0.1) is 17.2 Å². The van der Waals surface area contributed by atoms with E-state index in [0.29, 0.717) is 30.2 Å². The van der Waals surface area contributed by atoms with Crippen molar-refractivity contribution in [2.45, 2.75) is 25.2 Å². The smallest absolute Gasteiger partial charge is 0.330 e. The number of benzene rings is 2. The predicted molar refractivity (Wildman–Crippen MR) is 102 cm³/mol. The van der Waals surface area contributed by atoms with Crippen molar-refractivity contribution >= 4 is 27.8 Å². The predicted octanol–water partition coefficient (Wildman–Crippen LogP) is 3.32. The second kappa shape index (κ2) is 7.33. The first kappa shape index (κ1) is 18.2. The molecule has 2 aromatic rings. The van der Waals surface area contributed by atoms with Crippen LogP contribution in [0.15, 0.2) is 53.4 Å². The molecule has 0 spiro atoms. The Morgan fingerprint density at radius 3 is 2.62 bits per heavy atom. The van der Waals surface area contributed by atoms with E-state index in [-0.39, 0.29) is 0 Å². The van der Waals surface area contributed by atoms with E-state index in [9.17, 15) is 13.2 Å². The Kier molecular flexibility index (Phi) is 5.13. The highest BCUT2D eigenvalue weighted by atomic mass is 32.2. The van der Waals surface area contributed by atoms with Crippen LogP contribution in [-0.2, 0) is 26.0 Å². The molecule has 0 bridgehead atoms. The summed E-state index contributed by atoms with van der Waals surface area (Å²) in [5, 5.41) is 0. The first-order valence-electron chi connectivity index (χ1n) is 8.49. The van der Waals surface area contributed by atoms with Crippen molar-refractivity contribution in [3.05, 3.63) is 65.2 Å². The molecule has 0 saturated heterocycles. The van der Waals surface area contributed by atoms with E-state index in [0.717, 1.165) is 16.7 Å². The molecule has 0 unspecified atom stereocenters. The van der Waals surface area contributed by atoms with Gasteiger partial charge in [0.1, 0.15) is 0 Å². The fraction of sp³-hybridized carbons (Fsp3) is 0.250. The number of nitrogens with zero attached hydrogens (tertiary/aromatic N) is 1. The van der Waals surface area contributed by atoms with Crippen molar-refractivity contribution in [2.24, 2.45) is 0 Å². The number of hydrogen-bond donors (Lipinski definition) is 0. The third-order valence-electron chi connectivity index (χ3n) is 4.26. The minimum atomic E-state index is -3.57. The van der Waals surface area contributed by atoms with Crippen molar-refractivity contribution in [1.29, 1.82) is 0 Å². The average molecular weight is 371 g/mol. The zero-order valence-corrected chi connectivity index (χ0v) is 15.6. The number of fused-ring (bicyclic) bond motifs is 1. The summed E-state index contributed by atoms with van der Waals surface area (Å²) in [4.78, 5) is 11.7. The zero-order valence-electron chi connectivity index (χ0n) is 14.8. The first-order valence-corrected chi connectivity index (χ1v) is 9.93. The first-order chi connectivity index (χ1) is 12.4. The van der Waals surface area contributed by atoms with Crippen LogP contribution in [0, 0.1) is 6.92 Å². The minimum Gasteiger partial charge on any atom is -0.463 e. The fourth-order valence-corrected chi connectivity index (χ4v) is 4.44. The summed E-state index contributed by atoms with van der Waals surface area (Å²) in [5.74, 6) is -0.392. The molecule has 136 valence electrons. The van der Waals surface area contributed by atoms with Crippen LogP contribution in [0.2, 0.25) is 0 Å². The average Bonchev–Trinajstić information content (AvgIpc) is 3.04. The third-order valence-corrected chi connectivity index (χ3v) is 6.09. The summed E-state index contributed by atoms with van der Waals surface area (Å²) in [7, 11) is -3.57. The molecular weight excluding hydrogens is 350 g/mol. The van der Waals surface area contributed by atoms with E-state index in [1.54, 1.807) is 49.4 Å². The molecule has 3 rings (SSSR count). The van der Waals surface area contributed by atoms with Crippen molar-refractivity contribution in [1.82, 2.24) is 0 Å². The monoisotopic (exact) mass is 371 g/mol. The quantitative estimate of drug-likeness (QED) is 0.597. The van der Waals surface area contributed by atoms with Gasteiger partial charge in [0, 0.05) is 12.6 Å². The van der Waals surface area contributed by atoms with Crippen molar-refractivity contribution in [3.8, 4) is 0 Å². The number of hydrogen-bond acceptors (Lipinski definition) is 4. The van der Waals surface area contributed by atoms with E-state index in [4.69, 9.17) is 4.74 Å². The highest BCUT2D eigenvalue weighted by Gasteiger charge is 2.30. The number of sulfonamides is 1. The summed E-state index contributed by atoms with van der Waals surface area (Å²) in [5.41, 5.74) is 3.50. The molecule has 0 aliphatic carbocycles. The second-order valence-electron chi connectivity index (χ2n) is 6.11. The van der Waals surface area contributed by atoms with Gasteiger partial charge in [-0.3, -0.25) is 4.31 Å². The number of rotatable bonds is 5. The van der Waals surface area contributed by atoms with Gasteiger partial charge in [0.25, 0.3) is 10.0 Å². The Hall–Kier alpha value is -2.60. The lowest BCUT2D eigenvalue weighted by Crippen LogP contribution is -2.29. The molecule has 6 heteroatoms. The lowest BCUT2D eigenvalue weighted by atomic mass is 10.1. The Morgan fingerprint density at radius 1 is 1.19 bits per heavy atom. The Morgan fingerprint density at radius 2 is 1.92 bits per heavy atom. The molecule has 0 aromatic heterocycles. The molecule has 0 radical (unpaired) electrons. The lowest BCUT2D eigenvalue weighted by molar-refractivity contribution is -0.137. The topological polar surface area (TPSA) is 63.7 Å². The maximum absolute atomic E-state index is 12.9. The van der Waals surface area contributed by atoms with E-state index in [2.05, 4.69) is 0 Å². The molecule has 0 amide bonds. The summed E-state index contributed by atoms with van der Waals surface area (Å²) in [6.45, 7) is 4.42. The van der Waals surface area contributed by atoms with Gasteiger partial charge in [-0.1, -0.05) is 23.8 Å². The fourth-order valence-electron chi connectivity index (χ4n) is 2.94. The summed E-state index contributed by atoms with van der Waals surface area (Å²) in [6.07, 6.45) is 3.69. The molecule has 26 heavy (non-hydrogen) atoms. The van der Waals surface area contributed by atoms with Crippen LogP contribution >= 0.6 is 0 Å². The maximum Gasteiger partial charge on any atom is 0.330 e. The van der Waals surface area contributed by atoms with Crippen LogP contribution in [0.4, 0.5) is 5.69 Å². The summed E-state index contributed by atoms with van der Waals surface area (Å²) >= 11 is 0. The molecule has 0 atom stereocenters. The SMILES string of the molecule is CCOC(=O)/C=C/c1ccc2c(c1)CCN2S(=O)(=O)c1ccc(C)cc1. The molecular formula is C20H21NO4S. The maximum atomic E-state index is 12.9. The van der Waals surface area contributed by atoms with Gasteiger partial charge in [0.2, 0.25) is 0 Å². The Balaban J connectivity index is 1.86. The number of esters is 1. The second-order valence-corrected chi connectivity index (χ2v) is 7.98. The lowest BCUT2D eigenvalue weighted by Gasteiger charge is -2.19. The van der Waals surface area contributed by atoms with Crippen LogP contribution in [0.1, 0.15) is 23.6 Å². The van der Waals surface area contributed by atoms with Crippen molar-refractivity contribution < 1.29 is 17.9 Å². The molecule has 2 aromatic carbocycles. The molecule has 0 saturated carbocycles. The molecule has 5 nitrogen and oxygen atoms in total.